The summed E-state index contributed by atoms with van der Waals surface area (Å²) in [6.45, 7) is 2.50. The Kier molecular flexibility index (Phi) is 2.91. The first-order valence-corrected chi connectivity index (χ1v) is 5.27. The third-order valence-electron chi connectivity index (χ3n) is 2.85. The van der Waals surface area contributed by atoms with Crippen molar-refractivity contribution >= 4 is 5.97 Å². The number of aromatic nitrogens is 3. The molecule has 1 heterocycles. The highest BCUT2D eigenvalue weighted by atomic mass is 16.5. The number of carboxylic acid groups (broad SMARTS) is 1. The molecule has 2 unspecified atom stereocenters. The van der Waals surface area contributed by atoms with Crippen LogP contribution >= 0.6 is 0 Å². The Morgan fingerprint density at radius 2 is 2.38 bits per heavy atom. The monoisotopic (exact) mass is 225 g/mol. The van der Waals surface area contributed by atoms with Crippen molar-refractivity contribution in [3.8, 4) is 0 Å². The van der Waals surface area contributed by atoms with Gasteiger partial charge in [-0.05, 0) is 12.3 Å². The number of rotatable bonds is 5. The van der Waals surface area contributed by atoms with E-state index >= 15 is 0 Å². The maximum Gasteiger partial charge on any atom is 0.309 e. The summed E-state index contributed by atoms with van der Waals surface area (Å²) >= 11 is 0. The summed E-state index contributed by atoms with van der Waals surface area (Å²) in [6.07, 6.45) is 0.979. The van der Waals surface area contributed by atoms with Crippen LogP contribution in [0, 0.1) is 5.92 Å². The first-order valence-electron chi connectivity index (χ1n) is 5.27. The SMILES string of the molecule is COCc1c(CC(=O)O)nnn1C1CC1C. The Balaban J connectivity index is 2.24. The summed E-state index contributed by atoms with van der Waals surface area (Å²) in [5.41, 5.74) is 1.30. The van der Waals surface area contributed by atoms with Gasteiger partial charge in [0, 0.05) is 7.11 Å². The van der Waals surface area contributed by atoms with Crippen molar-refractivity contribution in [1.29, 1.82) is 0 Å². The van der Waals surface area contributed by atoms with Crippen LogP contribution < -0.4 is 0 Å². The second kappa shape index (κ2) is 4.21. The first-order chi connectivity index (χ1) is 7.63. The van der Waals surface area contributed by atoms with Crippen molar-refractivity contribution in [2.45, 2.75) is 32.4 Å². The fourth-order valence-corrected chi connectivity index (χ4v) is 1.82. The molecule has 88 valence electrons. The summed E-state index contributed by atoms with van der Waals surface area (Å²) in [4.78, 5) is 10.7. The smallest absolute Gasteiger partial charge is 0.309 e. The summed E-state index contributed by atoms with van der Waals surface area (Å²) in [6, 6.07) is 0.361. The van der Waals surface area contributed by atoms with Gasteiger partial charge in [0.1, 0.15) is 0 Å². The van der Waals surface area contributed by atoms with E-state index in [2.05, 4.69) is 17.2 Å². The van der Waals surface area contributed by atoms with E-state index < -0.39 is 5.97 Å². The molecule has 0 saturated heterocycles. The van der Waals surface area contributed by atoms with Crippen LogP contribution in [0.1, 0.15) is 30.8 Å². The fourth-order valence-electron chi connectivity index (χ4n) is 1.82. The lowest BCUT2D eigenvalue weighted by atomic mass is 10.2. The summed E-state index contributed by atoms with van der Waals surface area (Å²) in [5, 5.41) is 16.7. The van der Waals surface area contributed by atoms with Crippen LogP contribution in [-0.2, 0) is 22.6 Å². The van der Waals surface area contributed by atoms with E-state index in [1.807, 2.05) is 4.68 Å². The van der Waals surface area contributed by atoms with Crippen molar-refractivity contribution in [3.63, 3.8) is 0 Å². The quantitative estimate of drug-likeness (QED) is 0.795. The van der Waals surface area contributed by atoms with Crippen LogP contribution in [0.4, 0.5) is 0 Å². The highest BCUT2D eigenvalue weighted by Crippen LogP contribution is 2.43. The number of ether oxygens (including phenoxy) is 1. The van der Waals surface area contributed by atoms with Crippen LogP contribution in [0.3, 0.4) is 0 Å². The number of aliphatic carboxylic acids is 1. The maximum atomic E-state index is 10.7. The Morgan fingerprint density at radius 3 is 2.88 bits per heavy atom. The van der Waals surface area contributed by atoms with Gasteiger partial charge in [-0.15, -0.1) is 5.10 Å². The molecule has 2 rings (SSSR count). The standard InChI is InChI=1S/C10H15N3O3/c1-6-3-8(6)13-9(5-16-2)7(11-12-13)4-10(14)15/h6,8H,3-5H2,1-2H3,(H,14,15). The molecule has 1 aliphatic carbocycles. The molecule has 1 aromatic rings. The van der Waals surface area contributed by atoms with Gasteiger partial charge >= 0.3 is 5.97 Å². The van der Waals surface area contributed by atoms with E-state index in [0.29, 0.717) is 24.3 Å². The summed E-state index contributed by atoms with van der Waals surface area (Å²) < 4.78 is 6.88. The van der Waals surface area contributed by atoms with Crippen molar-refractivity contribution in [1.82, 2.24) is 15.0 Å². The minimum absolute atomic E-state index is 0.0974. The van der Waals surface area contributed by atoms with Gasteiger partial charge in [0.2, 0.25) is 0 Å². The van der Waals surface area contributed by atoms with Crippen LogP contribution in [-0.4, -0.2) is 33.2 Å². The van der Waals surface area contributed by atoms with Gasteiger partial charge in [-0.3, -0.25) is 4.79 Å². The molecule has 1 fully saturated rings. The van der Waals surface area contributed by atoms with E-state index in [-0.39, 0.29) is 6.42 Å². The normalized spacial score (nSPS) is 23.4. The van der Waals surface area contributed by atoms with E-state index in [1.165, 1.54) is 0 Å². The van der Waals surface area contributed by atoms with Gasteiger partial charge in [0.15, 0.2) is 0 Å². The first kappa shape index (κ1) is 11.1. The third-order valence-corrected chi connectivity index (χ3v) is 2.85. The Bertz CT molecular complexity index is 402. The molecule has 0 aromatic carbocycles. The van der Waals surface area contributed by atoms with E-state index in [9.17, 15) is 4.79 Å². The Morgan fingerprint density at radius 1 is 1.69 bits per heavy atom. The molecule has 1 saturated carbocycles. The molecule has 1 N–H and O–H groups in total. The number of hydrogen-bond acceptors (Lipinski definition) is 4. The second-order valence-corrected chi connectivity index (χ2v) is 4.21. The maximum absolute atomic E-state index is 10.7. The van der Waals surface area contributed by atoms with E-state index in [4.69, 9.17) is 9.84 Å². The molecule has 6 nitrogen and oxygen atoms in total. The molecule has 1 aromatic heterocycles. The zero-order chi connectivity index (χ0) is 11.7. The average Bonchev–Trinajstić information content (AvgIpc) is 2.80. The second-order valence-electron chi connectivity index (χ2n) is 4.21. The molecule has 0 bridgehead atoms. The Labute approximate surface area is 93.2 Å². The number of methoxy groups -OCH3 is 1. The van der Waals surface area contributed by atoms with Gasteiger partial charge in [0.05, 0.1) is 30.5 Å². The molecule has 0 amide bonds. The molecule has 0 aliphatic heterocycles. The number of hydrogen-bond donors (Lipinski definition) is 1. The van der Waals surface area contributed by atoms with Crippen molar-refractivity contribution in [2.75, 3.05) is 7.11 Å². The minimum atomic E-state index is -0.895. The summed E-state index contributed by atoms with van der Waals surface area (Å²) in [5.74, 6) is -0.303. The molecule has 1 aliphatic rings. The number of carbonyl (C=O) groups is 1. The molecular weight excluding hydrogens is 210 g/mol. The predicted molar refractivity (Wildman–Crippen MR) is 54.9 cm³/mol. The fraction of sp³-hybridized carbons (Fsp3) is 0.700. The van der Waals surface area contributed by atoms with Crippen molar-refractivity contribution < 1.29 is 14.6 Å². The van der Waals surface area contributed by atoms with Crippen LogP contribution in [0.15, 0.2) is 0 Å². The zero-order valence-corrected chi connectivity index (χ0v) is 9.38. The summed E-state index contributed by atoms with van der Waals surface area (Å²) in [7, 11) is 1.58. The van der Waals surface area contributed by atoms with Crippen molar-refractivity contribution in [2.24, 2.45) is 5.92 Å². The third kappa shape index (κ3) is 2.06. The van der Waals surface area contributed by atoms with Gasteiger partial charge < -0.3 is 9.84 Å². The minimum Gasteiger partial charge on any atom is -0.481 e. The molecule has 0 spiro atoms. The van der Waals surface area contributed by atoms with E-state index in [0.717, 1.165) is 12.1 Å². The highest BCUT2D eigenvalue weighted by molar-refractivity contribution is 5.69. The highest BCUT2D eigenvalue weighted by Gasteiger charge is 2.37. The molecule has 0 radical (unpaired) electrons. The van der Waals surface area contributed by atoms with Crippen LogP contribution in [0.5, 0.6) is 0 Å². The number of carboxylic acids is 1. The van der Waals surface area contributed by atoms with E-state index in [1.54, 1.807) is 7.11 Å². The molecule has 2 atom stereocenters. The molecule has 6 heteroatoms. The number of nitrogens with zero attached hydrogens (tertiary/aromatic N) is 3. The lowest BCUT2D eigenvalue weighted by Gasteiger charge is -2.05. The van der Waals surface area contributed by atoms with Crippen LogP contribution in [0.25, 0.3) is 0 Å². The predicted octanol–water partition coefficient (Wildman–Crippen LogP) is 0.632. The topological polar surface area (TPSA) is 77.2 Å². The van der Waals surface area contributed by atoms with Gasteiger partial charge in [-0.1, -0.05) is 12.1 Å². The van der Waals surface area contributed by atoms with Gasteiger partial charge in [-0.25, -0.2) is 4.68 Å². The van der Waals surface area contributed by atoms with Crippen LogP contribution in [0.2, 0.25) is 0 Å². The largest absolute Gasteiger partial charge is 0.481 e. The Hall–Kier alpha value is -1.43. The average molecular weight is 225 g/mol. The molecule has 16 heavy (non-hydrogen) atoms. The van der Waals surface area contributed by atoms with Gasteiger partial charge in [0.25, 0.3) is 0 Å². The lowest BCUT2D eigenvalue weighted by molar-refractivity contribution is -0.136. The lowest BCUT2D eigenvalue weighted by Crippen LogP contribution is -2.08. The zero-order valence-electron chi connectivity index (χ0n) is 9.38. The molecular formula is C10H15N3O3. The van der Waals surface area contributed by atoms with Crippen molar-refractivity contribution in [3.05, 3.63) is 11.4 Å². The van der Waals surface area contributed by atoms with Gasteiger partial charge in [-0.2, -0.15) is 0 Å².